The van der Waals surface area contributed by atoms with Gasteiger partial charge < -0.3 is 20.7 Å². The van der Waals surface area contributed by atoms with Crippen molar-refractivity contribution in [2.45, 2.75) is 31.7 Å². The first-order chi connectivity index (χ1) is 15.9. The first-order valence-electron chi connectivity index (χ1n) is 11.0. The number of piperidine rings is 1. The quantitative estimate of drug-likeness (QED) is 0.583. The van der Waals surface area contributed by atoms with Gasteiger partial charge in [-0.1, -0.05) is 6.07 Å². The average Bonchev–Trinajstić information content (AvgIpc) is 3.61. The van der Waals surface area contributed by atoms with Gasteiger partial charge in [-0.15, -0.1) is 4.40 Å². The van der Waals surface area contributed by atoms with E-state index < -0.39 is 10.2 Å². The Balaban J connectivity index is 1.25. The van der Waals surface area contributed by atoms with Crippen LogP contribution in [0.4, 0.5) is 11.5 Å². The SMILES string of the molecule is NC1=NS(=O)(=O)Nc2cccc(OC[C@H]3CCCN(c4cc(C(=O)NC5CC5)ccn4)C3)c21. The number of fused-ring (bicyclic) bond motifs is 1. The first-order valence-corrected chi connectivity index (χ1v) is 12.5. The lowest BCUT2D eigenvalue weighted by Crippen LogP contribution is -2.38. The number of aromatic nitrogens is 1. The summed E-state index contributed by atoms with van der Waals surface area (Å²) in [6.45, 7) is 2.04. The van der Waals surface area contributed by atoms with Crippen LogP contribution in [-0.4, -0.2) is 50.9 Å². The predicted molar refractivity (Wildman–Crippen MR) is 125 cm³/mol. The third-order valence-corrected chi connectivity index (χ3v) is 6.89. The lowest BCUT2D eigenvalue weighted by Gasteiger charge is -2.33. The Hall–Kier alpha value is -3.34. The van der Waals surface area contributed by atoms with Gasteiger partial charge in [-0.25, -0.2) is 4.98 Å². The molecule has 11 heteroatoms. The van der Waals surface area contributed by atoms with Crippen LogP contribution in [0.15, 0.2) is 40.9 Å². The fourth-order valence-corrected chi connectivity index (χ4v) is 5.03. The van der Waals surface area contributed by atoms with Crippen molar-refractivity contribution in [1.82, 2.24) is 10.3 Å². The summed E-state index contributed by atoms with van der Waals surface area (Å²) in [6, 6.07) is 8.99. The molecule has 4 N–H and O–H groups in total. The maximum atomic E-state index is 12.4. The van der Waals surface area contributed by atoms with E-state index in [1.807, 2.05) is 6.07 Å². The van der Waals surface area contributed by atoms with E-state index in [9.17, 15) is 13.2 Å². The van der Waals surface area contributed by atoms with Gasteiger partial charge in [-0.3, -0.25) is 9.52 Å². The molecule has 174 valence electrons. The minimum Gasteiger partial charge on any atom is -0.492 e. The standard InChI is InChI=1S/C22H26N6O4S/c23-21-20-17(26-33(30,31)27-21)4-1-5-18(20)32-13-14-3-2-10-28(12-14)19-11-15(8-9-24-19)22(29)25-16-6-7-16/h1,4-5,8-9,11,14,16,26H,2-3,6-7,10,12-13H2,(H2,23,27)(H,25,29)/t14-/m0/s1. The Bertz CT molecular complexity index is 1210. The highest BCUT2D eigenvalue weighted by atomic mass is 32.2. The molecule has 33 heavy (non-hydrogen) atoms. The molecule has 1 aliphatic carbocycles. The van der Waals surface area contributed by atoms with Gasteiger partial charge in [0.15, 0.2) is 5.84 Å². The number of rotatable bonds is 6. The molecule has 5 rings (SSSR count). The van der Waals surface area contributed by atoms with Crippen molar-refractivity contribution in [2.75, 3.05) is 29.3 Å². The van der Waals surface area contributed by atoms with Crippen LogP contribution in [0.3, 0.4) is 0 Å². The summed E-state index contributed by atoms with van der Waals surface area (Å²) in [4.78, 5) is 19.1. The second-order valence-electron chi connectivity index (χ2n) is 8.65. The molecule has 0 unspecified atom stereocenters. The summed E-state index contributed by atoms with van der Waals surface area (Å²) in [5.41, 5.74) is 7.34. The summed E-state index contributed by atoms with van der Waals surface area (Å²) in [5.74, 6) is 1.37. The van der Waals surface area contributed by atoms with Crippen LogP contribution in [0.1, 0.15) is 41.6 Å². The molecular weight excluding hydrogens is 444 g/mol. The Labute approximate surface area is 192 Å². The van der Waals surface area contributed by atoms with E-state index in [1.54, 1.807) is 30.5 Å². The summed E-state index contributed by atoms with van der Waals surface area (Å²) < 4.78 is 35.5. The number of hydrogen-bond donors (Lipinski definition) is 3. The molecule has 0 bridgehead atoms. The van der Waals surface area contributed by atoms with Crippen molar-refractivity contribution in [3.8, 4) is 5.75 Å². The number of carbonyl (C=O) groups excluding carboxylic acids is 1. The van der Waals surface area contributed by atoms with Crippen molar-refractivity contribution >= 4 is 33.5 Å². The first kappa shape index (κ1) is 21.5. The van der Waals surface area contributed by atoms with Gasteiger partial charge >= 0.3 is 10.2 Å². The molecule has 1 saturated heterocycles. The molecule has 0 spiro atoms. The van der Waals surface area contributed by atoms with E-state index in [1.165, 1.54) is 0 Å². The van der Waals surface area contributed by atoms with Crippen molar-refractivity contribution < 1.29 is 17.9 Å². The van der Waals surface area contributed by atoms with E-state index in [-0.39, 0.29) is 17.7 Å². The number of carbonyl (C=O) groups is 1. The highest BCUT2D eigenvalue weighted by molar-refractivity contribution is 7.91. The Morgan fingerprint density at radius 3 is 2.94 bits per heavy atom. The van der Waals surface area contributed by atoms with Crippen LogP contribution in [0, 0.1) is 5.92 Å². The molecule has 2 fully saturated rings. The van der Waals surface area contributed by atoms with Crippen LogP contribution in [-0.2, 0) is 10.2 Å². The van der Waals surface area contributed by atoms with Crippen LogP contribution in [0.5, 0.6) is 5.75 Å². The zero-order valence-electron chi connectivity index (χ0n) is 18.0. The fourth-order valence-electron chi connectivity index (χ4n) is 4.18. The van der Waals surface area contributed by atoms with Crippen LogP contribution >= 0.6 is 0 Å². The summed E-state index contributed by atoms with van der Waals surface area (Å²) in [6.07, 6.45) is 5.74. The van der Waals surface area contributed by atoms with E-state index >= 15 is 0 Å². The molecule has 1 atom stereocenters. The predicted octanol–water partition coefficient (Wildman–Crippen LogP) is 1.64. The zero-order chi connectivity index (χ0) is 23.0. The van der Waals surface area contributed by atoms with Crippen LogP contribution < -0.4 is 25.4 Å². The molecule has 3 aliphatic rings. The molecule has 1 saturated carbocycles. The highest BCUT2D eigenvalue weighted by Gasteiger charge is 2.27. The van der Waals surface area contributed by atoms with Gasteiger partial charge in [0.1, 0.15) is 11.6 Å². The number of nitrogens with one attached hydrogen (secondary N) is 2. The summed E-state index contributed by atoms with van der Waals surface area (Å²) >= 11 is 0. The molecule has 1 aromatic heterocycles. The second-order valence-corrected chi connectivity index (χ2v) is 9.98. The summed E-state index contributed by atoms with van der Waals surface area (Å²) in [5, 5.41) is 3.01. The third-order valence-electron chi connectivity index (χ3n) is 5.98. The number of ether oxygens (including phenoxy) is 1. The van der Waals surface area contributed by atoms with E-state index in [4.69, 9.17) is 10.5 Å². The van der Waals surface area contributed by atoms with E-state index in [0.29, 0.717) is 35.2 Å². The molecule has 2 aromatic rings. The number of pyridine rings is 1. The molecular formula is C22H26N6O4S. The van der Waals surface area contributed by atoms with E-state index in [2.05, 4.69) is 24.3 Å². The third kappa shape index (κ3) is 4.87. The molecule has 2 aliphatic heterocycles. The zero-order valence-corrected chi connectivity index (χ0v) is 18.8. The Morgan fingerprint density at radius 1 is 1.27 bits per heavy atom. The summed E-state index contributed by atoms with van der Waals surface area (Å²) in [7, 11) is -3.83. The molecule has 3 heterocycles. The molecule has 1 amide bonds. The van der Waals surface area contributed by atoms with Crippen molar-refractivity contribution in [2.24, 2.45) is 16.0 Å². The number of anilines is 2. The van der Waals surface area contributed by atoms with Gasteiger partial charge in [0, 0.05) is 36.8 Å². The lowest BCUT2D eigenvalue weighted by molar-refractivity contribution is 0.0951. The number of nitrogens with zero attached hydrogens (tertiary/aromatic N) is 3. The van der Waals surface area contributed by atoms with Crippen LogP contribution in [0.25, 0.3) is 0 Å². The van der Waals surface area contributed by atoms with Crippen LogP contribution in [0.2, 0.25) is 0 Å². The minimum absolute atomic E-state index is 0.0539. The van der Waals surface area contributed by atoms with Crippen molar-refractivity contribution in [1.29, 1.82) is 0 Å². The number of amidine groups is 1. The van der Waals surface area contributed by atoms with Gasteiger partial charge in [0.25, 0.3) is 5.91 Å². The van der Waals surface area contributed by atoms with Gasteiger partial charge in [0.05, 0.1) is 17.9 Å². The maximum Gasteiger partial charge on any atom is 0.344 e. The largest absolute Gasteiger partial charge is 0.492 e. The minimum atomic E-state index is -3.83. The maximum absolute atomic E-state index is 12.4. The van der Waals surface area contributed by atoms with Gasteiger partial charge in [-0.05, 0) is 49.9 Å². The van der Waals surface area contributed by atoms with Gasteiger partial charge in [-0.2, -0.15) is 8.42 Å². The molecule has 0 radical (unpaired) electrons. The smallest absolute Gasteiger partial charge is 0.344 e. The number of nitrogens with two attached hydrogens (primary N) is 1. The average molecular weight is 471 g/mol. The normalized spacial score (nSPS) is 21.4. The van der Waals surface area contributed by atoms with Crippen molar-refractivity contribution in [3.63, 3.8) is 0 Å². The topological polar surface area (TPSA) is 139 Å². The van der Waals surface area contributed by atoms with Crippen molar-refractivity contribution in [3.05, 3.63) is 47.7 Å². The molecule has 1 aromatic carbocycles. The highest BCUT2D eigenvalue weighted by Crippen LogP contribution is 2.31. The molecule has 10 nitrogen and oxygen atoms in total. The Kier molecular flexibility index (Phi) is 5.57. The number of benzene rings is 1. The fraction of sp³-hybridized carbons (Fsp3) is 0.409. The number of amides is 1. The monoisotopic (exact) mass is 470 g/mol. The second kappa shape index (κ2) is 8.54. The Morgan fingerprint density at radius 2 is 2.12 bits per heavy atom. The number of hydrogen-bond acceptors (Lipinski definition) is 7. The van der Waals surface area contributed by atoms with Gasteiger partial charge in [0.2, 0.25) is 0 Å². The van der Waals surface area contributed by atoms with E-state index in [0.717, 1.165) is 44.6 Å². The lowest BCUT2D eigenvalue weighted by atomic mass is 9.98.